The first-order chi connectivity index (χ1) is 12.7. The summed E-state index contributed by atoms with van der Waals surface area (Å²) in [6, 6.07) is 6.88. The average molecular weight is 395 g/mol. The standard InChI is InChI=1S/C19H25NO6S/c1-4-25-17-8-6-5-7-15(17)9-10-18(21)26-14(2)19(22)20(3)16-11-12-27(23,24)13-16/h5-10,14,16H,4,11-13H2,1-3H3/b10-9+. The molecule has 0 aliphatic carbocycles. The van der Waals surface area contributed by atoms with E-state index in [2.05, 4.69) is 0 Å². The lowest BCUT2D eigenvalue weighted by atomic mass is 10.2. The minimum Gasteiger partial charge on any atom is -0.493 e. The van der Waals surface area contributed by atoms with Crippen LogP contribution < -0.4 is 4.74 Å². The summed E-state index contributed by atoms with van der Waals surface area (Å²) in [6.07, 6.45) is 2.20. The molecule has 0 spiro atoms. The van der Waals surface area contributed by atoms with E-state index in [0.29, 0.717) is 18.8 Å². The Hall–Kier alpha value is -2.35. The number of esters is 1. The molecule has 1 fully saturated rings. The van der Waals surface area contributed by atoms with Crippen LogP contribution in [-0.4, -0.2) is 62.5 Å². The van der Waals surface area contributed by atoms with Crippen LogP contribution in [0.15, 0.2) is 30.3 Å². The molecule has 7 nitrogen and oxygen atoms in total. The van der Waals surface area contributed by atoms with Gasteiger partial charge in [-0.1, -0.05) is 18.2 Å². The van der Waals surface area contributed by atoms with E-state index in [9.17, 15) is 18.0 Å². The highest BCUT2D eigenvalue weighted by atomic mass is 32.2. The molecule has 27 heavy (non-hydrogen) atoms. The Bertz CT molecular complexity index is 817. The molecule has 1 aliphatic rings. The molecule has 0 N–H and O–H groups in total. The van der Waals surface area contributed by atoms with Crippen LogP contribution in [0.1, 0.15) is 25.8 Å². The van der Waals surface area contributed by atoms with Gasteiger partial charge < -0.3 is 14.4 Å². The van der Waals surface area contributed by atoms with Crippen LogP contribution in [0.25, 0.3) is 6.08 Å². The van der Waals surface area contributed by atoms with Gasteiger partial charge in [-0.25, -0.2) is 13.2 Å². The van der Waals surface area contributed by atoms with E-state index in [-0.39, 0.29) is 17.5 Å². The third-order valence-corrected chi connectivity index (χ3v) is 6.11. The third kappa shape index (κ3) is 5.82. The van der Waals surface area contributed by atoms with Crippen molar-refractivity contribution in [3.8, 4) is 5.75 Å². The number of carbonyl (C=O) groups is 2. The molecule has 148 valence electrons. The van der Waals surface area contributed by atoms with Crippen molar-refractivity contribution in [3.05, 3.63) is 35.9 Å². The number of ether oxygens (including phenoxy) is 2. The van der Waals surface area contributed by atoms with Crippen molar-refractivity contribution < 1.29 is 27.5 Å². The van der Waals surface area contributed by atoms with E-state index in [1.807, 2.05) is 19.1 Å². The number of nitrogens with zero attached hydrogens (tertiary/aromatic N) is 1. The molecule has 0 radical (unpaired) electrons. The zero-order valence-corrected chi connectivity index (χ0v) is 16.6. The molecule has 8 heteroatoms. The van der Waals surface area contributed by atoms with Crippen molar-refractivity contribution in [1.82, 2.24) is 4.90 Å². The molecule has 1 heterocycles. The minimum atomic E-state index is -3.10. The number of amides is 1. The number of hydrogen-bond acceptors (Lipinski definition) is 6. The van der Waals surface area contributed by atoms with Gasteiger partial charge in [0.05, 0.1) is 18.1 Å². The van der Waals surface area contributed by atoms with Crippen molar-refractivity contribution >= 4 is 27.8 Å². The molecule has 2 rings (SSSR count). The van der Waals surface area contributed by atoms with Crippen LogP contribution in [0.3, 0.4) is 0 Å². The fourth-order valence-corrected chi connectivity index (χ4v) is 4.65. The number of para-hydroxylation sites is 1. The number of hydrogen-bond donors (Lipinski definition) is 0. The first-order valence-electron chi connectivity index (χ1n) is 8.81. The second kappa shape index (κ2) is 9.03. The Morgan fingerprint density at radius 2 is 2.04 bits per heavy atom. The Morgan fingerprint density at radius 3 is 2.67 bits per heavy atom. The zero-order chi connectivity index (χ0) is 20.0. The largest absolute Gasteiger partial charge is 0.493 e. The van der Waals surface area contributed by atoms with Crippen molar-refractivity contribution in [1.29, 1.82) is 0 Å². The van der Waals surface area contributed by atoms with Gasteiger partial charge in [0.15, 0.2) is 15.9 Å². The van der Waals surface area contributed by atoms with Gasteiger partial charge in [0.2, 0.25) is 0 Å². The summed E-state index contributed by atoms with van der Waals surface area (Å²) in [5.41, 5.74) is 0.726. The second-order valence-corrected chi connectivity index (χ2v) is 8.62. The van der Waals surface area contributed by atoms with Gasteiger partial charge in [0.25, 0.3) is 5.91 Å². The summed E-state index contributed by atoms with van der Waals surface area (Å²) in [5, 5.41) is 0. The van der Waals surface area contributed by atoms with Gasteiger partial charge in [0, 0.05) is 24.7 Å². The van der Waals surface area contributed by atoms with E-state index in [4.69, 9.17) is 9.47 Å². The Kier molecular flexibility index (Phi) is 7.01. The summed E-state index contributed by atoms with van der Waals surface area (Å²) in [6.45, 7) is 3.85. The lowest BCUT2D eigenvalue weighted by Gasteiger charge is -2.26. The first-order valence-corrected chi connectivity index (χ1v) is 10.6. The molecule has 0 bridgehead atoms. The third-order valence-electron chi connectivity index (χ3n) is 4.36. The number of benzene rings is 1. The van der Waals surface area contributed by atoms with E-state index >= 15 is 0 Å². The number of rotatable bonds is 7. The molecule has 2 atom stereocenters. The quantitative estimate of drug-likeness (QED) is 0.515. The van der Waals surface area contributed by atoms with Gasteiger partial charge in [-0.3, -0.25) is 4.79 Å². The fourth-order valence-electron chi connectivity index (χ4n) is 2.87. The van der Waals surface area contributed by atoms with Gasteiger partial charge in [-0.2, -0.15) is 0 Å². The summed E-state index contributed by atoms with van der Waals surface area (Å²) < 4.78 is 33.8. The van der Waals surface area contributed by atoms with Crippen molar-refractivity contribution in [2.75, 3.05) is 25.2 Å². The maximum absolute atomic E-state index is 12.4. The van der Waals surface area contributed by atoms with Crippen molar-refractivity contribution in [2.45, 2.75) is 32.4 Å². The van der Waals surface area contributed by atoms with Crippen LogP contribution in [0.5, 0.6) is 5.75 Å². The Morgan fingerprint density at radius 1 is 1.33 bits per heavy atom. The highest BCUT2D eigenvalue weighted by Crippen LogP contribution is 2.20. The summed E-state index contributed by atoms with van der Waals surface area (Å²) in [5.74, 6) is -0.409. The van der Waals surface area contributed by atoms with Gasteiger partial charge in [0.1, 0.15) is 5.75 Å². The minimum absolute atomic E-state index is 0.0516. The molecule has 0 saturated carbocycles. The van der Waals surface area contributed by atoms with Gasteiger partial charge in [-0.15, -0.1) is 0 Å². The molecule has 1 amide bonds. The van der Waals surface area contributed by atoms with E-state index < -0.39 is 27.8 Å². The molecule has 0 aromatic heterocycles. The predicted molar refractivity (Wildman–Crippen MR) is 102 cm³/mol. The van der Waals surface area contributed by atoms with E-state index in [1.165, 1.54) is 24.9 Å². The van der Waals surface area contributed by atoms with E-state index in [0.717, 1.165) is 5.56 Å². The van der Waals surface area contributed by atoms with Crippen LogP contribution in [0.4, 0.5) is 0 Å². The van der Waals surface area contributed by atoms with Crippen LogP contribution in [-0.2, 0) is 24.2 Å². The number of likely N-dealkylation sites (N-methyl/N-ethyl adjacent to an activating group) is 1. The zero-order valence-electron chi connectivity index (χ0n) is 15.8. The maximum atomic E-state index is 12.4. The SMILES string of the molecule is CCOc1ccccc1/C=C/C(=O)OC(C)C(=O)N(C)C1CCS(=O)(=O)C1. The van der Waals surface area contributed by atoms with Gasteiger partial charge in [-0.05, 0) is 32.4 Å². The molecule has 1 aromatic rings. The fraction of sp³-hybridized carbons (Fsp3) is 0.474. The Balaban J connectivity index is 1.94. The van der Waals surface area contributed by atoms with Gasteiger partial charge >= 0.3 is 5.97 Å². The second-order valence-electron chi connectivity index (χ2n) is 6.39. The molecular weight excluding hydrogens is 370 g/mol. The smallest absolute Gasteiger partial charge is 0.331 e. The first kappa shape index (κ1) is 21.0. The number of sulfone groups is 1. The highest BCUT2D eigenvalue weighted by Gasteiger charge is 2.34. The summed E-state index contributed by atoms with van der Waals surface area (Å²) in [4.78, 5) is 25.8. The molecule has 1 aliphatic heterocycles. The topological polar surface area (TPSA) is 90.0 Å². The molecular formula is C19H25NO6S. The van der Waals surface area contributed by atoms with Crippen LogP contribution >= 0.6 is 0 Å². The summed E-state index contributed by atoms with van der Waals surface area (Å²) in [7, 11) is -1.56. The number of carbonyl (C=O) groups excluding carboxylic acids is 2. The maximum Gasteiger partial charge on any atom is 0.331 e. The monoisotopic (exact) mass is 395 g/mol. The molecule has 2 unspecified atom stereocenters. The summed E-state index contributed by atoms with van der Waals surface area (Å²) >= 11 is 0. The predicted octanol–water partition coefficient (Wildman–Crippen LogP) is 1.68. The van der Waals surface area contributed by atoms with E-state index in [1.54, 1.807) is 18.2 Å². The highest BCUT2D eigenvalue weighted by molar-refractivity contribution is 7.91. The molecule has 1 aromatic carbocycles. The normalized spacial score (nSPS) is 19.6. The van der Waals surface area contributed by atoms with Crippen LogP contribution in [0, 0.1) is 0 Å². The Labute approximate surface area is 159 Å². The van der Waals surface area contributed by atoms with Crippen LogP contribution in [0.2, 0.25) is 0 Å². The average Bonchev–Trinajstić information content (AvgIpc) is 2.99. The van der Waals surface area contributed by atoms with Crippen molar-refractivity contribution in [3.63, 3.8) is 0 Å². The lowest BCUT2D eigenvalue weighted by molar-refractivity contribution is -0.155. The molecule has 1 saturated heterocycles. The lowest BCUT2D eigenvalue weighted by Crippen LogP contribution is -2.44. The van der Waals surface area contributed by atoms with Crippen molar-refractivity contribution in [2.24, 2.45) is 0 Å².